The first kappa shape index (κ1) is 8.52. The lowest BCUT2D eigenvalue weighted by Gasteiger charge is -2.35. The first-order valence-corrected chi connectivity index (χ1v) is 5.01. The minimum absolute atomic E-state index is 0.635. The van der Waals surface area contributed by atoms with E-state index in [0.717, 1.165) is 19.8 Å². The molecule has 0 aromatic carbocycles. The zero-order valence-electron chi connectivity index (χ0n) is 8.18. The van der Waals surface area contributed by atoms with E-state index < -0.39 is 0 Å². The fraction of sp³-hybridized carbons (Fsp3) is 1.00. The molecule has 1 unspecified atom stereocenters. The fourth-order valence-electron chi connectivity index (χ4n) is 1.86. The maximum Gasteiger partial charge on any atom is 0.0619 e. The third kappa shape index (κ3) is 1.80. The second-order valence-corrected chi connectivity index (χ2v) is 4.71. The fourth-order valence-corrected chi connectivity index (χ4v) is 1.86. The van der Waals surface area contributed by atoms with Gasteiger partial charge in [-0.05, 0) is 25.2 Å². The van der Waals surface area contributed by atoms with Gasteiger partial charge in [0.15, 0.2) is 0 Å². The summed E-state index contributed by atoms with van der Waals surface area (Å²) in [5.74, 6) is 0. The van der Waals surface area contributed by atoms with Crippen LogP contribution in [0.1, 0.15) is 26.7 Å². The summed E-state index contributed by atoms with van der Waals surface area (Å²) in [7, 11) is 0. The zero-order valence-corrected chi connectivity index (χ0v) is 8.18. The molecule has 70 valence electrons. The van der Waals surface area contributed by atoms with Gasteiger partial charge in [-0.2, -0.15) is 0 Å². The highest BCUT2D eigenvalue weighted by atomic mass is 16.5. The lowest BCUT2D eigenvalue weighted by atomic mass is 10.1. The monoisotopic (exact) mass is 169 g/mol. The SMILES string of the molecule is CC1COCCN1CC1(C)CC1. The molecular weight excluding hydrogens is 150 g/mol. The van der Waals surface area contributed by atoms with Crippen LogP contribution in [0, 0.1) is 5.41 Å². The van der Waals surface area contributed by atoms with E-state index in [2.05, 4.69) is 18.7 Å². The molecule has 0 amide bonds. The number of hydrogen-bond acceptors (Lipinski definition) is 2. The van der Waals surface area contributed by atoms with Gasteiger partial charge in [0.05, 0.1) is 13.2 Å². The molecule has 2 fully saturated rings. The third-order valence-corrected chi connectivity index (χ3v) is 3.19. The predicted octanol–water partition coefficient (Wildman–Crippen LogP) is 1.51. The van der Waals surface area contributed by atoms with Crippen molar-refractivity contribution in [1.82, 2.24) is 4.90 Å². The minimum atomic E-state index is 0.635. The molecule has 2 aliphatic rings. The molecule has 0 bridgehead atoms. The summed E-state index contributed by atoms with van der Waals surface area (Å²) in [5, 5.41) is 0. The molecule has 1 saturated carbocycles. The van der Waals surface area contributed by atoms with Crippen LogP contribution in [0.5, 0.6) is 0 Å². The van der Waals surface area contributed by atoms with Crippen molar-refractivity contribution in [3.8, 4) is 0 Å². The highest BCUT2D eigenvalue weighted by molar-refractivity contribution is 4.92. The van der Waals surface area contributed by atoms with Crippen molar-refractivity contribution in [2.45, 2.75) is 32.7 Å². The van der Waals surface area contributed by atoms with E-state index in [-0.39, 0.29) is 0 Å². The van der Waals surface area contributed by atoms with Gasteiger partial charge in [0.1, 0.15) is 0 Å². The van der Waals surface area contributed by atoms with E-state index >= 15 is 0 Å². The van der Waals surface area contributed by atoms with E-state index in [1.165, 1.54) is 19.4 Å². The van der Waals surface area contributed by atoms with Gasteiger partial charge in [0.25, 0.3) is 0 Å². The summed E-state index contributed by atoms with van der Waals surface area (Å²) in [5.41, 5.74) is 0.658. The minimum Gasteiger partial charge on any atom is -0.379 e. The Morgan fingerprint density at radius 2 is 2.25 bits per heavy atom. The molecule has 0 radical (unpaired) electrons. The van der Waals surface area contributed by atoms with Crippen molar-refractivity contribution in [1.29, 1.82) is 0 Å². The van der Waals surface area contributed by atoms with Crippen LogP contribution in [0.25, 0.3) is 0 Å². The molecule has 2 rings (SSSR count). The number of rotatable bonds is 2. The Morgan fingerprint density at radius 3 is 2.83 bits per heavy atom. The Hall–Kier alpha value is -0.0800. The molecule has 1 aliphatic heterocycles. The van der Waals surface area contributed by atoms with Gasteiger partial charge < -0.3 is 4.74 Å². The van der Waals surface area contributed by atoms with Crippen LogP contribution >= 0.6 is 0 Å². The van der Waals surface area contributed by atoms with Gasteiger partial charge in [-0.1, -0.05) is 6.92 Å². The highest BCUT2D eigenvalue weighted by Gasteiger charge is 2.39. The summed E-state index contributed by atoms with van der Waals surface area (Å²) < 4.78 is 5.41. The van der Waals surface area contributed by atoms with Gasteiger partial charge in [-0.25, -0.2) is 0 Å². The third-order valence-electron chi connectivity index (χ3n) is 3.19. The Morgan fingerprint density at radius 1 is 1.50 bits per heavy atom. The lowest BCUT2D eigenvalue weighted by molar-refractivity contribution is -0.00812. The van der Waals surface area contributed by atoms with E-state index in [4.69, 9.17) is 4.74 Å². The summed E-state index contributed by atoms with van der Waals surface area (Å²) in [6, 6.07) is 0.635. The van der Waals surface area contributed by atoms with Crippen LogP contribution in [0.15, 0.2) is 0 Å². The molecule has 1 saturated heterocycles. The summed E-state index contributed by atoms with van der Waals surface area (Å²) in [4.78, 5) is 2.58. The highest BCUT2D eigenvalue weighted by Crippen LogP contribution is 2.45. The van der Waals surface area contributed by atoms with Crippen molar-refractivity contribution in [2.75, 3.05) is 26.3 Å². The number of nitrogens with zero attached hydrogens (tertiary/aromatic N) is 1. The van der Waals surface area contributed by atoms with E-state index in [9.17, 15) is 0 Å². The standard InChI is InChI=1S/C10H19NO/c1-9-7-12-6-5-11(9)8-10(2)3-4-10/h9H,3-8H2,1-2H3. The molecule has 0 spiro atoms. The lowest BCUT2D eigenvalue weighted by Crippen LogP contribution is -2.45. The van der Waals surface area contributed by atoms with Gasteiger partial charge >= 0.3 is 0 Å². The summed E-state index contributed by atoms with van der Waals surface area (Å²) >= 11 is 0. The Balaban J connectivity index is 1.84. The van der Waals surface area contributed by atoms with Crippen molar-refractivity contribution >= 4 is 0 Å². The van der Waals surface area contributed by atoms with Crippen molar-refractivity contribution in [2.24, 2.45) is 5.41 Å². The Kier molecular flexibility index (Phi) is 2.13. The molecule has 0 aromatic heterocycles. The normalized spacial score (nSPS) is 35.0. The molecule has 1 aliphatic carbocycles. The number of ether oxygens (including phenoxy) is 1. The Labute approximate surface area is 74.9 Å². The van der Waals surface area contributed by atoms with E-state index in [0.29, 0.717) is 11.5 Å². The average molecular weight is 169 g/mol. The van der Waals surface area contributed by atoms with Crippen molar-refractivity contribution < 1.29 is 4.74 Å². The topological polar surface area (TPSA) is 12.5 Å². The second-order valence-electron chi connectivity index (χ2n) is 4.71. The predicted molar refractivity (Wildman–Crippen MR) is 49.2 cm³/mol. The van der Waals surface area contributed by atoms with Crippen LogP contribution in [0.3, 0.4) is 0 Å². The largest absolute Gasteiger partial charge is 0.379 e. The zero-order chi connectivity index (χ0) is 8.60. The number of hydrogen-bond donors (Lipinski definition) is 0. The number of morpholine rings is 1. The van der Waals surface area contributed by atoms with Gasteiger partial charge in [0.2, 0.25) is 0 Å². The maximum absolute atomic E-state index is 5.41. The summed E-state index contributed by atoms with van der Waals surface area (Å²) in [6.45, 7) is 8.95. The molecule has 2 heteroatoms. The van der Waals surface area contributed by atoms with Crippen molar-refractivity contribution in [3.63, 3.8) is 0 Å². The first-order valence-electron chi connectivity index (χ1n) is 5.01. The van der Waals surface area contributed by atoms with Crippen LogP contribution < -0.4 is 0 Å². The van der Waals surface area contributed by atoms with E-state index in [1.807, 2.05) is 0 Å². The average Bonchev–Trinajstić information content (AvgIpc) is 2.74. The smallest absolute Gasteiger partial charge is 0.0619 e. The van der Waals surface area contributed by atoms with Crippen molar-refractivity contribution in [3.05, 3.63) is 0 Å². The van der Waals surface area contributed by atoms with Crippen LogP contribution in [0.2, 0.25) is 0 Å². The first-order chi connectivity index (χ1) is 5.70. The van der Waals surface area contributed by atoms with Crippen LogP contribution in [0.4, 0.5) is 0 Å². The van der Waals surface area contributed by atoms with E-state index in [1.54, 1.807) is 0 Å². The molecule has 1 atom stereocenters. The molecular formula is C10H19NO. The molecule has 12 heavy (non-hydrogen) atoms. The van der Waals surface area contributed by atoms with Crippen LogP contribution in [-0.4, -0.2) is 37.2 Å². The molecule has 0 N–H and O–H groups in total. The van der Waals surface area contributed by atoms with Gasteiger partial charge in [-0.15, -0.1) is 0 Å². The van der Waals surface area contributed by atoms with Gasteiger partial charge in [0, 0.05) is 19.1 Å². The molecule has 0 aromatic rings. The maximum atomic E-state index is 5.41. The van der Waals surface area contributed by atoms with Gasteiger partial charge in [-0.3, -0.25) is 4.90 Å². The Bertz CT molecular complexity index is 165. The molecule has 2 nitrogen and oxygen atoms in total. The van der Waals surface area contributed by atoms with Crippen LogP contribution in [-0.2, 0) is 4.74 Å². The second kappa shape index (κ2) is 3.00. The molecule has 1 heterocycles. The quantitative estimate of drug-likeness (QED) is 0.621. The summed E-state index contributed by atoms with van der Waals surface area (Å²) in [6.07, 6.45) is 2.86.